The Kier molecular flexibility index (Phi) is 2.74. The lowest BCUT2D eigenvalue weighted by atomic mass is 10.2. The number of hydrogen-bond acceptors (Lipinski definition) is 1. The highest BCUT2D eigenvalue weighted by molar-refractivity contribution is 7.61. The summed E-state index contributed by atoms with van der Waals surface area (Å²) >= 11 is 0. The van der Waals surface area contributed by atoms with Gasteiger partial charge in [0.05, 0.1) is 7.14 Å². The molecule has 0 fully saturated rings. The molecular formula is C10H15OP. The molecule has 0 atom stereocenters. The highest BCUT2D eigenvalue weighted by atomic mass is 31.2. The fourth-order valence-corrected chi connectivity index (χ4v) is 2.33. The molecule has 0 aliphatic rings. The largest absolute Gasteiger partial charge is 0.324 e. The van der Waals surface area contributed by atoms with E-state index in [0.717, 1.165) is 0 Å². The summed E-state index contributed by atoms with van der Waals surface area (Å²) in [7, 11) is -1.91. The molecule has 2 heteroatoms. The van der Waals surface area contributed by atoms with E-state index in [9.17, 15) is 4.57 Å². The van der Waals surface area contributed by atoms with Crippen LogP contribution < -0.4 is 0 Å². The minimum atomic E-state index is -1.91. The summed E-state index contributed by atoms with van der Waals surface area (Å²) in [6.45, 7) is 5.71. The van der Waals surface area contributed by atoms with Crippen molar-refractivity contribution in [2.24, 2.45) is 0 Å². The third-order valence-corrected chi connectivity index (χ3v) is 2.77. The molecule has 12 heavy (non-hydrogen) atoms. The van der Waals surface area contributed by atoms with Gasteiger partial charge in [-0.1, -0.05) is 29.8 Å². The Morgan fingerprint density at radius 2 is 2.00 bits per heavy atom. The zero-order valence-corrected chi connectivity index (χ0v) is 8.77. The smallest absolute Gasteiger partial charge is 0.0861 e. The zero-order chi connectivity index (χ0) is 9.19. The summed E-state index contributed by atoms with van der Waals surface area (Å²) in [5.41, 5.74) is 2.42. The maximum Gasteiger partial charge on any atom is 0.0861 e. The van der Waals surface area contributed by atoms with Crippen LogP contribution in [0.25, 0.3) is 0 Å². The Bertz CT molecular complexity index is 311. The molecule has 0 amide bonds. The van der Waals surface area contributed by atoms with E-state index in [1.165, 1.54) is 11.1 Å². The molecule has 0 unspecified atom stereocenters. The van der Waals surface area contributed by atoms with Gasteiger partial charge >= 0.3 is 0 Å². The number of aryl methyl sites for hydroxylation is 1. The monoisotopic (exact) mass is 182 g/mol. The van der Waals surface area contributed by atoms with E-state index in [1.54, 1.807) is 0 Å². The predicted octanol–water partition coefficient (Wildman–Crippen LogP) is 3.12. The molecule has 0 heterocycles. The molecule has 66 valence electrons. The van der Waals surface area contributed by atoms with Gasteiger partial charge in [-0.3, -0.25) is 0 Å². The Morgan fingerprint density at radius 3 is 2.50 bits per heavy atom. The molecule has 0 N–H and O–H groups in total. The average Bonchev–Trinajstić information content (AvgIpc) is 1.82. The van der Waals surface area contributed by atoms with E-state index in [2.05, 4.69) is 19.1 Å². The van der Waals surface area contributed by atoms with Crippen LogP contribution in [-0.4, -0.2) is 13.3 Å². The fraction of sp³-hybridized carbons (Fsp3) is 0.400. The number of hydrogen-bond donors (Lipinski definition) is 0. The highest BCUT2D eigenvalue weighted by Gasteiger charge is 2.07. The predicted molar refractivity (Wildman–Crippen MR) is 54.3 cm³/mol. The average molecular weight is 182 g/mol. The molecule has 0 saturated carbocycles. The SMILES string of the molecule is Cc1cccc(CP(C)(C)=O)c1. The molecule has 0 aliphatic heterocycles. The maximum absolute atomic E-state index is 11.5. The van der Waals surface area contributed by atoms with Gasteiger partial charge in [0.15, 0.2) is 0 Å². The number of benzene rings is 1. The lowest BCUT2D eigenvalue weighted by molar-refractivity contribution is 0.582. The third kappa shape index (κ3) is 3.23. The van der Waals surface area contributed by atoms with Crippen molar-refractivity contribution in [3.8, 4) is 0 Å². The van der Waals surface area contributed by atoms with Gasteiger partial charge in [0.2, 0.25) is 0 Å². The van der Waals surface area contributed by atoms with E-state index in [4.69, 9.17) is 0 Å². The molecule has 1 aromatic carbocycles. The summed E-state index contributed by atoms with van der Waals surface area (Å²) in [6.07, 6.45) is 0.717. The van der Waals surface area contributed by atoms with Gasteiger partial charge in [0.25, 0.3) is 0 Å². The van der Waals surface area contributed by atoms with Crippen molar-refractivity contribution in [1.29, 1.82) is 0 Å². The normalized spacial score (nSPS) is 11.6. The van der Waals surface area contributed by atoms with Crippen molar-refractivity contribution in [1.82, 2.24) is 0 Å². The van der Waals surface area contributed by atoms with Crippen LogP contribution in [0.4, 0.5) is 0 Å². The van der Waals surface area contributed by atoms with Crippen LogP contribution in [0.3, 0.4) is 0 Å². The molecule has 1 nitrogen and oxygen atoms in total. The van der Waals surface area contributed by atoms with Gasteiger partial charge in [0, 0.05) is 6.16 Å². The van der Waals surface area contributed by atoms with Crippen molar-refractivity contribution >= 4 is 7.14 Å². The van der Waals surface area contributed by atoms with Crippen molar-refractivity contribution in [3.05, 3.63) is 35.4 Å². The van der Waals surface area contributed by atoms with Crippen molar-refractivity contribution in [3.63, 3.8) is 0 Å². The van der Waals surface area contributed by atoms with Gasteiger partial charge < -0.3 is 4.57 Å². The standard InChI is InChI=1S/C10H15OP/c1-9-5-4-6-10(7-9)8-12(2,3)11/h4-7H,8H2,1-3H3. The third-order valence-electron chi connectivity index (χ3n) is 1.65. The minimum Gasteiger partial charge on any atom is -0.324 e. The van der Waals surface area contributed by atoms with Gasteiger partial charge in [0.1, 0.15) is 0 Å². The lowest BCUT2D eigenvalue weighted by Crippen LogP contribution is -1.85. The first-order valence-electron chi connectivity index (χ1n) is 4.07. The van der Waals surface area contributed by atoms with Crippen LogP contribution in [0.1, 0.15) is 11.1 Å². The first-order valence-corrected chi connectivity index (χ1v) is 6.85. The van der Waals surface area contributed by atoms with Gasteiger partial charge in [-0.05, 0) is 25.8 Å². The summed E-state index contributed by atoms with van der Waals surface area (Å²) < 4.78 is 11.5. The van der Waals surface area contributed by atoms with E-state index in [-0.39, 0.29) is 0 Å². The van der Waals surface area contributed by atoms with Crippen LogP contribution in [0.15, 0.2) is 24.3 Å². The molecule has 0 spiro atoms. The molecular weight excluding hydrogens is 167 g/mol. The van der Waals surface area contributed by atoms with Crippen molar-refractivity contribution in [2.45, 2.75) is 13.1 Å². The molecule has 0 bridgehead atoms. The molecule has 1 rings (SSSR count). The molecule has 1 aromatic rings. The van der Waals surface area contributed by atoms with Gasteiger partial charge in [-0.25, -0.2) is 0 Å². The molecule has 0 saturated heterocycles. The maximum atomic E-state index is 11.5. The van der Waals surface area contributed by atoms with Gasteiger partial charge in [-0.15, -0.1) is 0 Å². The lowest BCUT2D eigenvalue weighted by Gasteiger charge is -2.06. The van der Waals surface area contributed by atoms with Crippen molar-refractivity contribution < 1.29 is 4.57 Å². The van der Waals surface area contributed by atoms with Gasteiger partial charge in [-0.2, -0.15) is 0 Å². The zero-order valence-electron chi connectivity index (χ0n) is 7.87. The van der Waals surface area contributed by atoms with Crippen LogP contribution in [0, 0.1) is 6.92 Å². The summed E-state index contributed by atoms with van der Waals surface area (Å²) in [5, 5.41) is 0. The van der Waals surface area contributed by atoms with Crippen LogP contribution in [0.5, 0.6) is 0 Å². The Balaban J connectivity index is 2.84. The number of rotatable bonds is 2. The molecule has 0 aromatic heterocycles. The quantitative estimate of drug-likeness (QED) is 0.642. The van der Waals surface area contributed by atoms with Crippen LogP contribution in [-0.2, 0) is 10.7 Å². The van der Waals surface area contributed by atoms with E-state index in [0.29, 0.717) is 6.16 Å². The minimum absolute atomic E-state index is 0.717. The highest BCUT2D eigenvalue weighted by Crippen LogP contribution is 2.40. The van der Waals surface area contributed by atoms with E-state index < -0.39 is 7.14 Å². The Morgan fingerprint density at radius 1 is 1.33 bits per heavy atom. The van der Waals surface area contributed by atoms with E-state index >= 15 is 0 Å². The second-order valence-corrected chi connectivity index (χ2v) is 7.19. The topological polar surface area (TPSA) is 17.1 Å². The second kappa shape index (κ2) is 3.45. The summed E-state index contributed by atoms with van der Waals surface area (Å²) in [4.78, 5) is 0. The van der Waals surface area contributed by atoms with Crippen LogP contribution >= 0.6 is 7.14 Å². The Hall–Kier alpha value is -0.550. The van der Waals surface area contributed by atoms with E-state index in [1.807, 2.05) is 25.5 Å². The molecule has 0 radical (unpaired) electrons. The second-order valence-electron chi connectivity index (χ2n) is 3.72. The fourth-order valence-electron chi connectivity index (χ4n) is 1.25. The van der Waals surface area contributed by atoms with Crippen LogP contribution in [0.2, 0.25) is 0 Å². The molecule has 0 aliphatic carbocycles. The summed E-state index contributed by atoms with van der Waals surface area (Å²) in [5.74, 6) is 0. The first-order chi connectivity index (χ1) is 5.47. The first kappa shape index (κ1) is 9.54. The Labute approximate surface area is 74.2 Å². The summed E-state index contributed by atoms with van der Waals surface area (Å²) in [6, 6.07) is 8.20. The van der Waals surface area contributed by atoms with Crippen molar-refractivity contribution in [2.75, 3.05) is 13.3 Å².